The lowest BCUT2D eigenvalue weighted by Crippen LogP contribution is -2.79. The minimum atomic E-state index is -1.04. The molecule has 2 aliphatic heterocycles. The summed E-state index contributed by atoms with van der Waals surface area (Å²) in [5.41, 5.74) is -0.985. The van der Waals surface area contributed by atoms with Crippen LogP contribution in [0, 0.1) is 17.8 Å². The maximum atomic E-state index is 11.5. The van der Waals surface area contributed by atoms with Crippen LogP contribution in [0.25, 0.3) is 0 Å². The summed E-state index contributed by atoms with van der Waals surface area (Å²) in [6.07, 6.45) is -1.80. The number of carbonyl (C=O) groups excluding carboxylic acids is 2. The van der Waals surface area contributed by atoms with Crippen molar-refractivity contribution in [2.24, 2.45) is 5.92 Å². The molecule has 2 saturated heterocycles. The van der Waals surface area contributed by atoms with E-state index >= 15 is 0 Å². The molecule has 6 nitrogen and oxygen atoms in total. The summed E-state index contributed by atoms with van der Waals surface area (Å²) < 4.78 is 10.2. The number of esters is 1. The van der Waals surface area contributed by atoms with Crippen molar-refractivity contribution in [3.63, 3.8) is 0 Å². The number of carbonyl (C=O) groups is 2. The molecule has 2 heterocycles. The lowest BCUT2D eigenvalue weighted by molar-refractivity contribution is -0.188. The van der Waals surface area contributed by atoms with Gasteiger partial charge in [0.2, 0.25) is 5.91 Å². The van der Waals surface area contributed by atoms with Gasteiger partial charge in [0.05, 0.1) is 31.7 Å². The molecule has 19 heavy (non-hydrogen) atoms. The highest BCUT2D eigenvalue weighted by atomic mass is 16.5. The number of aliphatic hydroxyl groups is 1. The Morgan fingerprint density at radius 2 is 2.42 bits per heavy atom. The number of hydrogen-bond donors (Lipinski definition) is 2. The predicted octanol–water partition coefficient (Wildman–Crippen LogP) is -0.793. The van der Waals surface area contributed by atoms with Crippen LogP contribution >= 0.6 is 0 Å². The van der Waals surface area contributed by atoms with Gasteiger partial charge in [-0.2, -0.15) is 0 Å². The highest BCUT2D eigenvalue weighted by Gasteiger charge is 2.62. The van der Waals surface area contributed by atoms with E-state index in [1.54, 1.807) is 13.8 Å². The van der Waals surface area contributed by atoms with Crippen molar-refractivity contribution in [2.75, 3.05) is 13.2 Å². The predicted molar refractivity (Wildman–Crippen MR) is 64.8 cm³/mol. The van der Waals surface area contributed by atoms with Gasteiger partial charge >= 0.3 is 5.97 Å². The molecular weight excluding hydrogens is 250 g/mol. The summed E-state index contributed by atoms with van der Waals surface area (Å²) in [6, 6.07) is 0. The number of ether oxygens (including phenoxy) is 2. The quantitative estimate of drug-likeness (QED) is 0.397. The van der Waals surface area contributed by atoms with Gasteiger partial charge in [-0.05, 0) is 13.8 Å². The van der Waals surface area contributed by atoms with E-state index in [-0.39, 0.29) is 25.5 Å². The fourth-order valence-corrected chi connectivity index (χ4v) is 2.55. The molecule has 2 fully saturated rings. The number of rotatable bonds is 3. The summed E-state index contributed by atoms with van der Waals surface area (Å²) in [5.74, 6) is 4.46. The zero-order valence-corrected chi connectivity index (χ0v) is 10.9. The van der Waals surface area contributed by atoms with Crippen molar-refractivity contribution in [3.8, 4) is 11.8 Å². The molecule has 4 atom stereocenters. The fraction of sp³-hybridized carbons (Fsp3) is 0.692. The first-order valence-corrected chi connectivity index (χ1v) is 6.26. The Morgan fingerprint density at radius 1 is 1.68 bits per heavy atom. The largest absolute Gasteiger partial charge is 0.466 e. The topological polar surface area (TPSA) is 84.9 Å². The highest BCUT2D eigenvalue weighted by Crippen LogP contribution is 2.38. The van der Waals surface area contributed by atoms with Gasteiger partial charge in [-0.1, -0.05) is 5.92 Å². The maximum absolute atomic E-state index is 11.5. The van der Waals surface area contributed by atoms with Crippen LogP contribution < -0.4 is 5.32 Å². The van der Waals surface area contributed by atoms with E-state index in [9.17, 15) is 14.7 Å². The first-order chi connectivity index (χ1) is 9.05. The number of fused-ring (bicyclic) bond motifs is 1. The lowest BCUT2D eigenvalue weighted by Gasteiger charge is -2.53. The van der Waals surface area contributed by atoms with Gasteiger partial charge in [0, 0.05) is 0 Å². The van der Waals surface area contributed by atoms with Crippen molar-refractivity contribution in [1.29, 1.82) is 0 Å². The third-order valence-corrected chi connectivity index (χ3v) is 3.50. The molecule has 0 aromatic carbocycles. The van der Waals surface area contributed by atoms with E-state index in [1.165, 1.54) is 0 Å². The Bertz CT molecular complexity index is 452. The number of aliphatic hydroxyl groups excluding tert-OH is 1. The molecule has 0 bridgehead atoms. The van der Waals surface area contributed by atoms with Crippen molar-refractivity contribution >= 4 is 11.9 Å². The van der Waals surface area contributed by atoms with Crippen LogP contribution in [0.1, 0.15) is 20.3 Å². The Labute approximate surface area is 111 Å². The van der Waals surface area contributed by atoms with Gasteiger partial charge in [-0.3, -0.25) is 9.59 Å². The molecule has 0 spiro atoms. The summed E-state index contributed by atoms with van der Waals surface area (Å²) in [7, 11) is 0. The summed E-state index contributed by atoms with van der Waals surface area (Å²) in [4.78, 5) is 22.9. The Kier molecular flexibility index (Phi) is 3.78. The molecule has 0 aromatic heterocycles. The van der Waals surface area contributed by atoms with Crippen LogP contribution in [0.2, 0.25) is 0 Å². The third-order valence-electron chi connectivity index (χ3n) is 3.50. The van der Waals surface area contributed by atoms with E-state index in [1.807, 2.05) is 0 Å². The summed E-state index contributed by atoms with van der Waals surface area (Å²) in [6.45, 7) is 3.78. The van der Waals surface area contributed by atoms with E-state index in [4.69, 9.17) is 9.47 Å². The van der Waals surface area contributed by atoms with E-state index in [0.717, 1.165) is 0 Å². The molecule has 2 aliphatic rings. The molecule has 2 rings (SSSR count). The van der Waals surface area contributed by atoms with Crippen LogP contribution in [0.5, 0.6) is 0 Å². The van der Waals surface area contributed by atoms with Crippen molar-refractivity contribution in [3.05, 3.63) is 0 Å². The van der Waals surface area contributed by atoms with Crippen LogP contribution in [0.15, 0.2) is 0 Å². The number of hydrogen-bond acceptors (Lipinski definition) is 5. The normalized spacial score (nSPS) is 36.2. The van der Waals surface area contributed by atoms with Gasteiger partial charge in [0.1, 0.15) is 11.6 Å². The second-order valence-electron chi connectivity index (χ2n) is 4.61. The second-order valence-corrected chi connectivity index (χ2v) is 4.61. The molecule has 104 valence electrons. The molecule has 1 amide bonds. The maximum Gasteiger partial charge on any atom is 0.308 e. The second kappa shape index (κ2) is 5.19. The molecule has 0 saturated carbocycles. The molecule has 2 N–H and O–H groups in total. The van der Waals surface area contributed by atoms with E-state index < -0.39 is 29.6 Å². The number of amides is 1. The Morgan fingerprint density at radius 3 is 3.00 bits per heavy atom. The van der Waals surface area contributed by atoms with Crippen molar-refractivity contribution < 1.29 is 24.2 Å². The van der Waals surface area contributed by atoms with E-state index in [2.05, 4.69) is 17.2 Å². The first kappa shape index (κ1) is 13.8. The van der Waals surface area contributed by atoms with Crippen molar-refractivity contribution in [2.45, 2.75) is 38.0 Å². The fourth-order valence-electron chi connectivity index (χ4n) is 2.55. The SMILES string of the molecule is CC#C[C@]12NC(=O)[C@H]1CO[C@@H](CC(=O)OCC)[C@@H]2O. The van der Waals surface area contributed by atoms with Gasteiger partial charge in [0.25, 0.3) is 0 Å². The molecule has 0 unspecified atom stereocenters. The Hall–Kier alpha value is -1.58. The minimum Gasteiger partial charge on any atom is -0.466 e. The van der Waals surface area contributed by atoms with Gasteiger partial charge in [-0.25, -0.2) is 0 Å². The first-order valence-electron chi connectivity index (χ1n) is 6.26. The zero-order valence-electron chi connectivity index (χ0n) is 10.9. The molecule has 0 aliphatic carbocycles. The minimum absolute atomic E-state index is 0.0509. The van der Waals surface area contributed by atoms with E-state index in [0.29, 0.717) is 0 Å². The van der Waals surface area contributed by atoms with Gasteiger partial charge in [-0.15, -0.1) is 5.92 Å². The van der Waals surface area contributed by atoms with Gasteiger partial charge < -0.3 is 19.9 Å². The summed E-state index contributed by atoms with van der Waals surface area (Å²) in [5, 5.41) is 13.0. The smallest absolute Gasteiger partial charge is 0.308 e. The van der Waals surface area contributed by atoms with Crippen LogP contribution in [-0.2, 0) is 19.1 Å². The highest BCUT2D eigenvalue weighted by molar-refractivity contribution is 5.90. The van der Waals surface area contributed by atoms with Gasteiger partial charge in [0.15, 0.2) is 0 Å². The molecular formula is C13H17NO5. The molecule has 0 radical (unpaired) electrons. The third kappa shape index (κ3) is 2.20. The number of β-lactam (4-membered cyclic amide) rings is 1. The molecule has 6 heteroatoms. The monoisotopic (exact) mass is 267 g/mol. The van der Waals surface area contributed by atoms with Crippen LogP contribution in [0.3, 0.4) is 0 Å². The molecule has 0 aromatic rings. The Balaban J connectivity index is 2.11. The number of nitrogens with one attached hydrogen (secondary N) is 1. The van der Waals surface area contributed by atoms with Crippen LogP contribution in [-0.4, -0.2) is 47.9 Å². The summed E-state index contributed by atoms with van der Waals surface area (Å²) >= 11 is 0. The van der Waals surface area contributed by atoms with Crippen LogP contribution in [0.4, 0.5) is 0 Å². The average Bonchev–Trinajstić information content (AvgIpc) is 2.35. The average molecular weight is 267 g/mol. The zero-order chi connectivity index (χ0) is 14.0. The van der Waals surface area contributed by atoms with Crippen molar-refractivity contribution in [1.82, 2.24) is 5.32 Å². The lowest BCUT2D eigenvalue weighted by atomic mass is 9.69. The standard InChI is InChI=1S/C13H17NO5/c1-3-5-13-8(12(17)14-13)7-19-9(11(13)16)6-10(15)18-4-2/h8-9,11,16H,4,6-7H2,1-2H3,(H,14,17)/t8-,9+,11+,13+/m1/s1.